The van der Waals surface area contributed by atoms with E-state index in [-0.39, 0.29) is 0 Å². The minimum atomic E-state index is -2.70. The number of hydrogen-bond acceptors (Lipinski definition) is 3. The molecule has 0 N–H and O–H groups in total. The van der Waals surface area contributed by atoms with Gasteiger partial charge in [0, 0.05) is 21.3 Å². The van der Waals surface area contributed by atoms with Crippen molar-refractivity contribution in [1.82, 2.24) is 0 Å². The smallest absolute Gasteiger partial charge is 0.367 e. The molecule has 1 aliphatic carbocycles. The van der Waals surface area contributed by atoms with E-state index in [1.165, 1.54) is 18.4 Å². The fourth-order valence-electron chi connectivity index (χ4n) is 1.51. The third kappa shape index (κ3) is 3.47. The predicted molar refractivity (Wildman–Crippen MR) is 61.1 cm³/mol. The van der Waals surface area contributed by atoms with Crippen LogP contribution in [0.4, 0.5) is 0 Å². The Balaban J connectivity index is 2.72. The highest BCUT2D eigenvalue weighted by molar-refractivity contribution is 6.69. The molecule has 4 heteroatoms. The topological polar surface area (TPSA) is 27.7 Å². The summed E-state index contributed by atoms with van der Waals surface area (Å²) in [6.45, 7) is 0. The first-order chi connectivity index (χ1) is 7.26. The third-order valence-electron chi connectivity index (χ3n) is 2.47. The Labute approximate surface area is 92.8 Å². The van der Waals surface area contributed by atoms with Crippen LogP contribution < -0.4 is 0 Å². The highest BCUT2D eigenvalue weighted by Gasteiger charge is 2.36. The van der Waals surface area contributed by atoms with Crippen molar-refractivity contribution in [2.24, 2.45) is 0 Å². The molecule has 0 radical (unpaired) electrons. The van der Waals surface area contributed by atoms with Crippen LogP contribution in [0.15, 0.2) is 11.6 Å². The Bertz CT molecular complexity index is 276. The molecule has 0 aromatic rings. The second kappa shape index (κ2) is 6.08. The fraction of sp³-hybridized carbons (Fsp3) is 0.636. The lowest BCUT2D eigenvalue weighted by atomic mass is 10.0. The molecular formula is C11H18O3Si. The Morgan fingerprint density at radius 2 is 1.80 bits per heavy atom. The maximum Gasteiger partial charge on any atom is 0.591 e. The van der Waals surface area contributed by atoms with Crippen molar-refractivity contribution in [3.05, 3.63) is 11.6 Å². The molecule has 3 nitrogen and oxygen atoms in total. The van der Waals surface area contributed by atoms with Crippen LogP contribution >= 0.6 is 0 Å². The van der Waals surface area contributed by atoms with Gasteiger partial charge in [-0.15, -0.1) is 0 Å². The Hall–Kier alpha value is -0.603. The van der Waals surface area contributed by atoms with Gasteiger partial charge in [-0.2, -0.15) is 0 Å². The van der Waals surface area contributed by atoms with Crippen molar-refractivity contribution >= 4 is 8.80 Å². The average molecular weight is 226 g/mol. The van der Waals surface area contributed by atoms with Crippen LogP contribution in [-0.2, 0) is 13.3 Å². The van der Waals surface area contributed by atoms with E-state index in [9.17, 15) is 0 Å². The Kier molecular flexibility index (Phi) is 5.06. The van der Waals surface area contributed by atoms with Gasteiger partial charge < -0.3 is 13.3 Å². The van der Waals surface area contributed by atoms with E-state index in [0.717, 1.165) is 12.8 Å². The van der Waals surface area contributed by atoms with Crippen LogP contribution in [0.3, 0.4) is 0 Å². The summed E-state index contributed by atoms with van der Waals surface area (Å²) in [5.74, 6) is 3.11. The van der Waals surface area contributed by atoms with Gasteiger partial charge in [0.15, 0.2) is 0 Å². The molecule has 1 aliphatic rings. The molecule has 0 aromatic carbocycles. The summed E-state index contributed by atoms with van der Waals surface area (Å²) < 4.78 is 15.7. The summed E-state index contributed by atoms with van der Waals surface area (Å²) in [7, 11) is 2.01. The quantitative estimate of drug-likeness (QED) is 0.543. The van der Waals surface area contributed by atoms with Gasteiger partial charge in [-0.1, -0.05) is 12.0 Å². The van der Waals surface area contributed by atoms with E-state index in [1.54, 1.807) is 21.3 Å². The van der Waals surface area contributed by atoms with Crippen molar-refractivity contribution in [2.45, 2.75) is 25.7 Å². The van der Waals surface area contributed by atoms with Gasteiger partial charge >= 0.3 is 8.80 Å². The summed E-state index contributed by atoms with van der Waals surface area (Å²) in [6, 6.07) is 0. The number of rotatable bonds is 3. The third-order valence-corrected chi connectivity index (χ3v) is 4.52. The molecule has 0 aliphatic heterocycles. The summed E-state index contributed by atoms with van der Waals surface area (Å²) in [5, 5.41) is 0. The van der Waals surface area contributed by atoms with E-state index in [0.29, 0.717) is 0 Å². The second-order valence-electron chi connectivity index (χ2n) is 3.39. The molecule has 0 bridgehead atoms. The largest absolute Gasteiger partial charge is 0.591 e. The van der Waals surface area contributed by atoms with E-state index < -0.39 is 8.80 Å². The Morgan fingerprint density at radius 3 is 2.27 bits per heavy atom. The SMILES string of the molecule is CO[Si](C#CC1=CCCCC1)(OC)OC. The number of hydrogen-bond donors (Lipinski definition) is 0. The molecule has 0 saturated carbocycles. The predicted octanol–water partition coefficient (Wildman–Crippen LogP) is 1.91. The first-order valence-electron chi connectivity index (χ1n) is 5.14. The van der Waals surface area contributed by atoms with Gasteiger partial charge in [0.05, 0.1) is 0 Å². The van der Waals surface area contributed by atoms with E-state index in [1.807, 2.05) is 0 Å². The van der Waals surface area contributed by atoms with E-state index in [2.05, 4.69) is 17.5 Å². The van der Waals surface area contributed by atoms with Crippen molar-refractivity contribution in [2.75, 3.05) is 21.3 Å². The Morgan fingerprint density at radius 1 is 1.13 bits per heavy atom. The molecule has 0 aromatic heterocycles. The molecular weight excluding hydrogens is 208 g/mol. The molecule has 0 fully saturated rings. The zero-order valence-electron chi connectivity index (χ0n) is 9.63. The van der Waals surface area contributed by atoms with Crippen molar-refractivity contribution < 1.29 is 13.3 Å². The van der Waals surface area contributed by atoms with E-state index in [4.69, 9.17) is 13.3 Å². The highest BCUT2D eigenvalue weighted by Crippen LogP contribution is 2.16. The van der Waals surface area contributed by atoms with Gasteiger partial charge in [0.2, 0.25) is 0 Å². The standard InChI is InChI=1S/C11H18O3Si/c1-12-15(13-2,14-3)10-9-11-7-5-4-6-8-11/h7H,4-6,8H2,1-3H3. The van der Waals surface area contributed by atoms with Crippen LogP contribution in [0.25, 0.3) is 0 Å². The van der Waals surface area contributed by atoms with Gasteiger partial charge in [-0.05, 0) is 36.8 Å². The second-order valence-corrected chi connectivity index (χ2v) is 5.98. The maximum absolute atomic E-state index is 5.22. The van der Waals surface area contributed by atoms with Crippen LogP contribution in [-0.4, -0.2) is 30.1 Å². The normalized spacial score (nSPS) is 16.6. The summed E-state index contributed by atoms with van der Waals surface area (Å²) in [5.41, 5.74) is 4.19. The molecule has 1 rings (SSSR count). The van der Waals surface area contributed by atoms with Crippen molar-refractivity contribution in [3.63, 3.8) is 0 Å². The minimum Gasteiger partial charge on any atom is -0.367 e. The zero-order chi connectivity index (χ0) is 11.1. The van der Waals surface area contributed by atoms with Crippen LogP contribution in [0, 0.1) is 11.5 Å². The van der Waals surface area contributed by atoms with Gasteiger partial charge in [-0.25, -0.2) is 0 Å². The average Bonchev–Trinajstić information content (AvgIpc) is 2.33. The van der Waals surface area contributed by atoms with Gasteiger partial charge in [-0.3, -0.25) is 0 Å². The zero-order valence-corrected chi connectivity index (χ0v) is 10.6. The molecule has 0 saturated heterocycles. The van der Waals surface area contributed by atoms with Crippen LogP contribution in [0.5, 0.6) is 0 Å². The summed E-state index contributed by atoms with van der Waals surface area (Å²) in [6.07, 6.45) is 6.88. The lowest BCUT2D eigenvalue weighted by Crippen LogP contribution is -2.41. The molecule has 84 valence electrons. The molecule has 0 heterocycles. The molecule has 0 unspecified atom stereocenters. The number of allylic oxidation sites excluding steroid dienone is 2. The van der Waals surface area contributed by atoms with E-state index >= 15 is 0 Å². The summed E-state index contributed by atoms with van der Waals surface area (Å²) in [4.78, 5) is 0. The molecule has 0 atom stereocenters. The molecule has 0 amide bonds. The van der Waals surface area contributed by atoms with Crippen molar-refractivity contribution in [1.29, 1.82) is 0 Å². The first-order valence-corrected chi connectivity index (χ1v) is 6.86. The maximum atomic E-state index is 5.22. The minimum absolute atomic E-state index is 1.06. The van der Waals surface area contributed by atoms with Crippen LogP contribution in [0.2, 0.25) is 0 Å². The fourth-order valence-corrected chi connectivity index (χ4v) is 2.63. The first kappa shape index (κ1) is 12.5. The molecule has 15 heavy (non-hydrogen) atoms. The highest BCUT2D eigenvalue weighted by atomic mass is 28.4. The monoisotopic (exact) mass is 226 g/mol. The molecule has 0 spiro atoms. The van der Waals surface area contributed by atoms with Gasteiger partial charge in [0.1, 0.15) is 0 Å². The van der Waals surface area contributed by atoms with Gasteiger partial charge in [0.25, 0.3) is 0 Å². The summed E-state index contributed by atoms with van der Waals surface area (Å²) >= 11 is 0. The van der Waals surface area contributed by atoms with Crippen LogP contribution in [0.1, 0.15) is 25.7 Å². The van der Waals surface area contributed by atoms with Crippen molar-refractivity contribution in [3.8, 4) is 11.5 Å². The lowest BCUT2D eigenvalue weighted by molar-refractivity contribution is 0.141. The lowest BCUT2D eigenvalue weighted by Gasteiger charge is -2.17.